The quantitative estimate of drug-likeness (QED) is 0.367. The fraction of sp³-hybridized carbons (Fsp3) is 0.231. The third kappa shape index (κ3) is 4.29. The number of hydrogen-bond acceptors (Lipinski definition) is 9. The van der Waals surface area contributed by atoms with Gasteiger partial charge in [0, 0.05) is 29.8 Å². The van der Waals surface area contributed by atoms with Crippen molar-refractivity contribution in [2.45, 2.75) is 32.2 Å². The maximum atomic E-state index is 14.9. The van der Waals surface area contributed by atoms with Crippen LogP contribution >= 0.6 is 11.7 Å². The van der Waals surface area contributed by atoms with Gasteiger partial charge in [-0.25, -0.2) is 14.2 Å². The van der Waals surface area contributed by atoms with E-state index in [-0.39, 0.29) is 35.0 Å². The summed E-state index contributed by atoms with van der Waals surface area (Å²) in [5, 5.41) is 11.8. The first-order valence-corrected chi connectivity index (χ1v) is 11.9. The number of halogens is 1. The fourth-order valence-electron chi connectivity index (χ4n) is 4.11. The summed E-state index contributed by atoms with van der Waals surface area (Å²) in [5.41, 5.74) is 2.98. The number of cyclic esters (lactones) is 1. The van der Waals surface area contributed by atoms with Crippen molar-refractivity contribution in [3.05, 3.63) is 82.8 Å². The van der Waals surface area contributed by atoms with Crippen LogP contribution in [0.15, 0.2) is 60.3 Å². The number of pyridine rings is 1. The smallest absolute Gasteiger partial charge is 0.342 e. The molecule has 0 radical (unpaired) electrons. The van der Waals surface area contributed by atoms with Crippen molar-refractivity contribution < 1.29 is 28.5 Å². The Kier molecular flexibility index (Phi) is 6.15. The highest BCUT2D eigenvalue weighted by Crippen LogP contribution is 2.45. The summed E-state index contributed by atoms with van der Waals surface area (Å²) in [5.74, 6) is -3.17. The maximum absolute atomic E-state index is 14.9. The molecule has 0 saturated heterocycles. The van der Waals surface area contributed by atoms with Crippen LogP contribution in [0, 0.1) is 5.82 Å². The van der Waals surface area contributed by atoms with E-state index in [4.69, 9.17) is 14.2 Å². The Morgan fingerprint density at radius 1 is 1.11 bits per heavy atom. The van der Waals surface area contributed by atoms with E-state index in [9.17, 15) is 14.3 Å². The van der Waals surface area contributed by atoms with Crippen LogP contribution in [0.25, 0.3) is 16.6 Å². The zero-order valence-corrected chi connectivity index (χ0v) is 20.5. The minimum absolute atomic E-state index is 0.0354. The van der Waals surface area contributed by atoms with Crippen molar-refractivity contribution >= 4 is 34.3 Å². The number of esters is 1. The minimum atomic E-state index is -2.21. The summed E-state index contributed by atoms with van der Waals surface area (Å²) in [6.07, 6.45) is 1.45. The molecule has 2 aromatic heterocycles. The third-order valence-electron chi connectivity index (χ3n) is 5.77. The van der Waals surface area contributed by atoms with Crippen molar-refractivity contribution in [3.8, 4) is 11.6 Å². The van der Waals surface area contributed by atoms with Crippen molar-refractivity contribution in [2.24, 2.45) is 0 Å². The number of aromatic nitrogens is 3. The van der Waals surface area contributed by atoms with Crippen molar-refractivity contribution in [1.29, 1.82) is 0 Å². The van der Waals surface area contributed by atoms with Gasteiger partial charge in [-0.2, -0.15) is 8.75 Å². The molecule has 1 aliphatic rings. The summed E-state index contributed by atoms with van der Waals surface area (Å²) in [7, 11) is 1.51. The number of benzene rings is 2. The lowest BCUT2D eigenvalue weighted by Crippen LogP contribution is -2.30. The molecule has 2 aromatic carbocycles. The van der Waals surface area contributed by atoms with Gasteiger partial charge in [-0.15, -0.1) is 0 Å². The van der Waals surface area contributed by atoms with E-state index in [1.165, 1.54) is 19.2 Å². The van der Waals surface area contributed by atoms with Crippen molar-refractivity contribution in [1.82, 2.24) is 13.7 Å². The average Bonchev–Trinajstić information content (AvgIpc) is 3.42. The van der Waals surface area contributed by atoms with E-state index in [2.05, 4.69) is 13.7 Å². The van der Waals surface area contributed by atoms with Crippen LogP contribution < -0.4 is 9.47 Å². The first-order valence-electron chi connectivity index (χ1n) is 11.2. The number of methoxy groups -OCH3 is 1. The summed E-state index contributed by atoms with van der Waals surface area (Å²) in [4.78, 5) is 17.4. The molecule has 1 atom stereocenters. The highest BCUT2D eigenvalue weighted by atomic mass is 32.1. The van der Waals surface area contributed by atoms with Gasteiger partial charge in [0.15, 0.2) is 11.6 Å². The lowest BCUT2D eigenvalue weighted by atomic mass is 9.88. The van der Waals surface area contributed by atoms with Gasteiger partial charge in [-0.1, -0.05) is 12.1 Å². The zero-order chi connectivity index (χ0) is 25.4. The first kappa shape index (κ1) is 23.8. The van der Waals surface area contributed by atoms with E-state index in [0.29, 0.717) is 28.0 Å². The Labute approximate surface area is 210 Å². The minimum Gasteiger partial charge on any atom is -0.488 e. The van der Waals surface area contributed by atoms with Crippen LogP contribution in [0.1, 0.15) is 30.5 Å². The molecule has 8 nitrogen and oxygen atoms in total. The van der Waals surface area contributed by atoms with Crippen LogP contribution in [0.4, 0.5) is 4.39 Å². The second-order valence-electron chi connectivity index (χ2n) is 8.55. The predicted octanol–water partition coefficient (Wildman–Crippen LogP) is 4.42. The Morgan fingerprint density at radius 2 is 1.92 bits per heavy atom. The Morgan fingerprint density at radius 3 is 2.61 bits per heavy atom. The molecule has 1 unspecified atom stereocenters. The highest BCUT2D eigenvalue weighted by molar-refractivity contribution is 7.00. The number of aliphatic hydroxyl groups is 1. The summed E-state index contributed by atoms with van der Waals surface area (Å²) in [6, 6.07) is 12.6. The van der Waals surface area contributed by atoms with Gasteiger partial charge in [-0.05, 0) is 55.3 Å². The summed E-state index contributed by atoms with van der Waals surface area (Å²) < 4.78 is 39.5. The van der Waals surface area contributed by atoms with Crippen molar-refractivity contribution in [3.63, 3.8) is 0 Å². The molecule has 10 heteroatoms. The monoisotopic (exact) mass is 507 g/mol. The second-order valence-corrected chi connectivity index (χ2v) is 9.08. The number of rotatable bonds is 7. The van der Waals surface area contributed by atoms with E-state index in [1.54, 1.807) is 50.4 Å². The van der Waals surface area contributed by atoms with E-state index in [0.717, 1.165) is 17.8 Å². The number of carbonyl (C=O) groups is 1. The Bertz CT molecular complexity index is 1480. The van der Waals surface area contributed by atoms with Crippen LogP contribution in [0.5, 0.6) is 11.6 Å². The molecule has 0 saturated carbocycles. The Balaban J connectivity index is 1.65. The largest absolute Gasteiger partial charge is 0.488 e. The molecule has 1 N–H and O–H groups in total. The van der Waals surface area contributed by atoms with Gasteiger partial charge in [-0.3, -0.25) is 0 Å². The number of fused-ring (bicyclic) bond motifs is 1. The third-order valence-corrected chi connectivity index (χ3v) is 6.33. The molecular formula is C26H22FN3O5S. The normalized spacial score (nSPS) is 17.7. The zero-order valence-electron chi connectivity index (χ0n) is 19.7. The topological polar surface area (TPSA) is 104 Å². The molecular weight excluding hydrogens is 485 g/mol. The molecule has 1 aliphatic heterocycles. The average molecular weight is 508 g/mol. The first-order chi connectivity index (χ1) is 17.3. The molecule has 0 amide bonds. The Hall–Kier alpha value is -3.89. The van der Waals surface area contributed by atoms with Gasteiger partial charge in [0.05, 0.1) is 30.5 Å². The standard InChI is InChI=1S/C26H22FN3O5S/c1-14(2)34-22-8-6-17(12-19(22)27)26(32)18(10-15-4-9-23(33-3)28-13-15)24(25(31)35-26)16-5-7-20-21(11-16)30-36-29-20/h4-9,11-14,32H,10H2,1-3H3. The van der Waals surface area contributed by atoms with Crippen LogP contribution in [0.3, 0.4) is 0 Å². The van der Waals surface area contributed by atoms with Crippen molar-refractivity contribution in [2.75, 3.05) is 7.11 Å². The molecule has 3 heterocycles. The summed E-state index contributed by atoms with van der Waals surface area (Å²) in [6.45, 7) is 3.56. The van der Waals surface area contributed by atoms with E-state index in [1.807, 2.05) is 0 Å². The SMILES string of the molecule is COc1ccc(CC2=C(c3ccc4nsnc4c3)C(=O)OC2(O)c2ccc(OC(C)C)c(F)c2)cn1. The molecule has 5 rings (SSSR count). The number of ether oxygens (including phenoxy) is 3. The van der Waals surface area contributed by atoms with E-state index < -0.39 is 17.6 Å². The molecule has 184 valence electrons. The maximum Gasteiger partial charge on any atom is 0.342 e. The predicted molar refractivity (Wildman–Crippen MR) is 131 cm³/mol. The van der Waals surface area contributed by atoms with Gasteiger partial charge >= 0.3 is 5.97 Å². The van der Waals surface area contributed by atoms with E-state index >= 15 is 0 Å². The molecule has 0 fully saturated rings. The summed E-state index contributed by atoms with van der Waals surface area (Å²) >= 11 is 1.06. The number of hydrogen-bond donors (Lipinski definition) is 1. The molecule has 0 spiro atoms. The van der Waals surface area contributed by atoms with Crippen LogP contribution in [0.2, 0.25) is 0 Å². The molecule has 0 aliphatic carbocycles. The van der Waals surface area contributed by atoms with Gasteiger partial charge in [0.25, 0.3) is 5.79 Å². The second kappa shape index (κ2) is 9.29. The van der Waals surface area contributed by atoms with Crippen LogP contribution in [-0.2, 0) is 21.7 Å². The highest BCUT2D eigenvalue weighted by Gasteiger charge is 2.48. The van der Waals surface area contributed by atoms with Gasteiger partial charge in [0.1, 0.15) is 11.0 Å². The number of carbonyl (C=O) groups excluding carboxylic acids is 1. The van der Waals surface area contributed by atoms with Gasteiger partial charge in [0.2, 0.25) is 5.88 Å². The van der Waals surface area contributed by atoms with Gasteiger partial charge < -0.3 is 19.3 Å². The lowest BCUT2D eigenvalue weighted by Gasteiger charge is -2.26. The fourth-order valence-corrected chi connectivity index (χ4v) is 4.63. The number of nitrogens with zero attached hydrogens (tertiary/aromatic N) is 3. The lowest BCUT2D eigenvalue weighted by molar-refractivity contribution is -0.185. The molecule has 4 aromatic rings. The molecule has 0 bridgehead atoms. The van der Waals surface area contributed by atoms with Crippen LogP contribution in [-0.4, -0.2) is 38.0 Å². The molecule has 36 heavy (non-hydrogen) atoms.